The highest BCUT2D eigenvalue weighted by molar-refractivity contribution is 5.85. The lowest BCUT2D eigenvalue weighted by Gasteiger charge is -2.40. The van der Waals surface area contributed by atoms with Gasteiger partial charge in [0.2, 0.25) is 0 Å². The van der Waals surface area contributed by atoms with Gasteiger partial charge in [0.15, 0.2) is 0 Å². The van der Waals surface area contributed by atoms with Crippen LogP contribution in [0.3, 0.4) is 0 Å². The summed E-state index contributed by atoms with van der Waals surface area (Å²) in [5.41, 5.74) is 2.28. The van der Waals surface area contributed by atoms with Crippen molar-refractivity contribution in [2.45, 2.75) is 83.7 Å². The number of rotatable bonds is 2. The van der Waals surface area contributed by atoms with E-state index in [1.54, 1.807) is 0 Å². The molecule has 1 aliphatic heterocycles. The van der Waals surface area contributed by atoms with Crippen LogP contribution < -0.4 is 5.43 Å². The zero-order valence-corrected chi connectivity index (χ0v) is 12.8. The molecule has 1 saturated carbocycles. The molecule has 20 heavy (non-hydrogen) atoms. The maximum atomic E-state index is 12.7. The predicted molar refractivity (Wildman–Crippen MR) is 78.5 cm³/mol. The average molecular weight is 277 g/mol. The number of carbonyl (C=O) groups excluding carboxylic acids is 1. The Bertz CT molecular complexity index is 370. The number of carbonyl (C=O) groups is 1. The normalized spacial score (nSPS) is 31.1. The summed E-state index contributed by atoms with van der Waals surface area (Å²) in [4.78, 5) is 12.7. The maximum absolute atomic E-state index is 12.7. The fraction of sp³-hybridized carbons (Fsp3) is 0.875. The largest absolute Gasteiger partial charge is 0.287 e. The Morgan fingerprint density at radius 1 is 1.10 bits per heavy atom. The molecule has 1 amide bonds. The van der Waals surface area contributed by atoms with E-state index in [1.807, 2.05) is 0 Å². The van der Waals surface area contributed by atoms with E-state index in [0.29, 0.717) is 24.9 Å². The van der Waals surface area contributed by atoms with Gasteiger partial charge >= 0.3 is 0 Å². The molecule has 0 aromatic rings. The van der Waals surface area contributed by atoms with E-state index in [0.717, 1.165) is 38.5 Å². The number of nitrogens with one attached hydrogen (secondary N) is 1. The maximum Gasteiger partial charge on any atom is 0.254 e. The molecule has 4 nitrogen and oxygen atoms in total. The minimum Gasteiger partial charge on any atom is -0.287 e. The van der Waals surface area contributed by atoms with Crippen molar-refractivity contribution in [2.24, 2.45) is 5.41 Å². The van der Waals surface area contributed by atoms with Crippen molar-refractivity contribution >= 4 is 5.91 Å². The molecule has 2 fully saturated rings. The first-order chi connectivity index (χ1) is 9.59. The van der Waals surface area contributed by atoms with Crippen molar-refractivity contribution in [2.75, 3.05) is 0 Å². The molecule has 1 aliphatic carbocycles. The Hall–Kier alpha value is -1.08. The van der Waals surface area contributed by atoms with E-state index < -0.39 is 5.41 Å². The Labute approximate surface area is 122 Å². The van der Waals surface area contributed by atoms with Gasteiger partial charge in [0.1, 0.15) is 5.41 Å². The SMILES string of the molecule is CC1CCCC(C)N1NC(=O)C1(C#N)CCCCCC1. The summed E-state index contributed by atoms with van der Waals surface area (Å²) in [5, 5.41) is 11.6. The van der Waals surface area contributed by atoms with Gasteiger partial charge < -0.3 is 0 Å². The third-order valence-corrected chi connectivity index (χ3v) is 5.03. The quantitative estimate of drug-likeness (QED) is 0.789. The van der Waals surface area contributed by atoms with Crippen LogP contribution >= 0.6 is 0 Å². The first-order valence-corrected chi connectivity index (χ1v) is 8.10. The fourth-order valence-electron chi connectivity index (χ4n) is 3.59. The third-order valence-electron chi connectivity index (χ3n) is 5.03. The van der Waals surface area contributed by atoms with Crippen molar-refractivity contribution in [3.05, 3.63) is 0 Å². The Morgan fingerprint density at radius 2 is 1.65 bits per heavy atom. The van der Waals surface area contributed by atoms with Crippen molar-refractivity contribution in [1.29, 1.82) is 5.26 Å². The molecule has 4 heteroatoms. The van der Waals surface area contributed by atoms with Crippen LogP contribution in [0.25, 0.3) is 0 Å². The van der Waals surface area contributed by atoms with E-state index in [-0.39, 0.29) is 5.91 Å². The highest BCUT2D eigenvalue weighted by Crippen LogP contribution is 2.35. The monoisotopic (exact) mass is 277 g/mol. The topological polar surface area (TPSA) is 56.1 Å². The number of hydrazine groups is 1. The van der Waals surface area contributed by atoms with E-state index in [1.165, 1.54) is 6.42 Å². The van der Waals surface area contributed by atoms with Gasteiger partial charge in [-0.25, -0.2) is 5.01 Å². The number of hydrogen-bond acceptors (Lipinski definition) is 3. The van der Waals surface area contributed by atoms with Crippen LogP contribution in [0.15, 0.2) is 0 Å². The van der Waals surface area contributed by atoms with Crippen LogP contribution in [0, 0.1) is 16.7 Å². The molecule has 1 saturated heterocycles. The third kappa shape index (κ3) is 3.15. The Morgan fingerprint density at radius 3 is 2.15 bits per heavy atom. The van der Waals surface area contributed by atoms with Crippen molar-refractivity contribution < 1.29 is 4.79 Å². The zero-order valence-electron chi connectivity index (χ0n) is 12.8. The summed E-state index contributed by atoms with van der Waals surface area (Å²) in [5.74, 6) is -0.0671. The molecule has 0 aromatic carbocycles. The molecule has 2 unspecified atom stereocenters. The number of nitrogens with zero attached hydrogens (tertiary/aromatic N) is 2. The summed E-state index contributed by atoms with van der Waals surface area (Å²) in [6.45, 7) is 4.31. The van der Waals surface area contributed by atoms with Crippen molar-refractivity contribution in [3.8, 4) is 6.07 Å². The second-order valence-corrected chi connectivity index (χ2v) is 6.59. The minimum atomic E-state index is -0.798. The van der Waals surface area contributed by atoms with Gasteiger partial charge in [0.05, 0.1) is 6.07 Å². The van der Waals surface area contributed by atoms with Crippen molar-refractivity contribution in [3.63, 3.8) is 0 Å². The molecular weight excluding hydrogens is 250 g/mol. The van der Waals surface area contributed by atoms with Gasteiger partial charge in [-0.2, -0.15) is 5.26 Å². The van der Waals surface area contributed by atoms with Gasteiger partial charge in [-0.15, -0.1) is 0 Å². The lowest BCUT2D eigenvalue weighted by molar-refractivity contribution is -0.137. The molecule has 2 rings (SSSR count). The standard InChI is InChI=1S/C16H27N3O/c1-13-8-7-9-14(2)19(13)18-15(20)16(12-17)10-5-3-4-6-11-16/h13-14H,3-11H2,1-2H3,(H,18,20). The summed E-state index contributed by atoms with van der Waals surface area (Å²) in [6.07, 6.45) is 9.16. The van der Waals surface area contributed by atoms with Gasteiger partial charge in [-0.3, -0.25) is 10.2 Å². The van der Waals surface area contributed by atoms with Crippen molar-refractivity contribution in [1.82, 2.24) is 10.4 Å². The summed E-state index contributed by atoms with van der Waals surface area (Å²) in [6, 6.07) is 3.07. The van der Waals surface area contributed by atoms with Gasteiger partial charge in [0, 0.05) is 12.1 Å². The fourth-order valence-corrected chi connectivity index (χ4v) is 3.59. The lowest BCUT2D eigenvalue weighted by Crippen LogP contribution is -2.57. The zero-order chi connectivity index (χ0) is 14.6. The molecule has 0 aromatic heterocycles. The average Bonchev–Trinajstić information content (AvgIpc) is 2.69. The number of amides is 1. The smallest absolute Gasteiger partial charge is 0.254 e. The second kappa shape index (κ2) is 6.58. The van der Waals surface area contributed by atoms with Crippen LogP contribution in [0.1, 0.15) is 71.6 Å². The van der Waals surface area contributed by atoms with Crippen LogP contribution in [-0.2, 0) is 4.79 Å². The van der Waals surface area contributed by atoms with Gasteiger partial charge in [-0.05, 0) is 39.5 Å². The van der Waals surface area contributed by atoms with Crippen LogP contribution in [0.2, 0.25) is 0 Å². The lowest BCUT2D eigenvalue weighted by atomic mass is 9.81. The van der Waals surface area contributed by atoms with Gasteiger partial charge in [-0.1, -0.05) is 32.1 Å². The highest BCUT2D eigenvalue weighted by Gasteiger charge is 2.40. The molecule has 0 bridgehead atoms. The predicted octanol–water partition coefficient (Wildman–Crippen LogP) is 3.14. The number of piperidine rings is 1. The molecule has 1 heterocycles. The van der Waals surface area contributed by atoms with Crippen LogP contribution in [-0.4, -0.2) is 23.0 Å². The molecule has 112 valence electrons. The minimum absolute atomic E-state index is 0.0671. The Kier molecular flexibility index (Phi) is 5.04. The first kappa shape index (κ1) is 15.3. The van der Waals surface area contributed by atoms with Crippen LogP contribution in [0.4, 0.5) is 0 Å². The molecule has 2 aliphatic rings. The molecule has 1 N–H and O–H groups in total. The van der Waals surface area contributed by atoms with Gasteiger partial charge in [0.25, 0.3) is 5.91 Å². The van der Waals surface area contributed by atoms with Crippen LogP contribution in [0.5, 0.6) is 0 Å². The number of nitriles is 1. The van der Waals surface area contributed by atoms with E-state index in [2.05, 4.69) is 30.4 Å². The summed E-state index contributed by atoms with van der Waals surface area (Å²) < 4.78 is 0. The highest BCUT2D eigenvalue weighted by atomic mass is 16.2. The molecule has 0 spiro atoms. The van der Waals surface area contributed by atoms with E-state index in [4.69, 9.17) is 0 Å². The molecule has 0 radical (unpaired) electrons. The summed E-state index contributed by atoms with van der Waals surface area (Å²) >= 11 is 0. The van der Waals surface area contributed by atoms with E-state index in [9.17, 15) is 10.1 Å². The first-order valence-electron chi connectivity index (χ1n) is 8.10. The molecule has 2 atom stereocenters. The second-order valence-electron chi connectivity index (χ2n) is 6.59. The molecular formula is C16H27N3O. The summed E-state index contributed by atoms with van der Waals surface area (Å²) in [7, 11) is 0. The Balaban J connectivity index is 2.06. The number of hydrogen-bond donors (Lipinski definition) is 1. The van der Waals surface area contributed by atoms with E-state index >= 15 is 0 Å².